The number of aliphatic carboxylic acids is 1. The first kappa shape index (κ1) is 14.8. The molecular formula is C13H21N3O4. The lowest BCUT2D eigenvalue weighted by molar-refractivity contribution is -0.141. The van der Waals surface area contributed by atoms with Crippen molar-refractivity contribution in [2.45, 2.75) is 19.3 Å². The molecule has 7 nitrogen and oxygen atoms in total. The molecule has 0 aromatic rings. The third kappa shape index (κ3) is 3.69. The first-order valence-corrected chi connectivity index (χ1v) is 7.07. The highest BCUT2D eigenvalue weighted by atomic mass is 16.4. The predicted octanol–water partition coefficient (Wildman–Crippen LogP) is -0.965. The maximum atomic E-state index is 11.9. The molecule has 2 fully saturated rings. The second-order valence-corrected chi connectivity index (χ2v) is 5.39. The zero-order chi connectivity index (χ0) is 14.5. The largest absolute Gasteiger partial charge is 0.481 e. The van der Waals surface area contributed by atoms with E-state index in [0.29, 0.717) is 32.4 Å². The van der Waals surface area contributed by atoms with E-state index in [9.17, 15) is 14.4 Å². The van der Waals surface area contributed by atoms with E-state index in [1.807, 2.05) is 0 Å². The van der Waals surface area contributed by atoms with Gasteiger partial charge in [-0.25, -0.2) is 0 Å². The smallest absolute Gasteiger partial charge is 0.306 e. The summed E-state index contributed by atoms with van der Waals surface area (Å²) in [5.74, 6) is -1.80. The van der Waals surface area contributed by atoms with Crippen LogP contribution in [-0.2, 0) is 14.4 Å². The van der Waals surface area contributed by atoms with Gasteiger partial charge in [0.25, 0.3) is 0 Å². The van der Waals surface area contributed by atoms with Gasteiger partial charge < -0.3 is 20.6 Å². The third-order valence-corrected chi connectivity index (χ3v) is 4.04. The summed E-state index contributed by atoms with van der Waals surface area (Å²) in [4.78, 5) is 36.4. The molecule has 2 rings (SSSR count). The Kier molecular flexibility index (Phi) is 4.94. The molecule has 7 heteroatoms. The fourth-order valence-electron chi connectivity index (χ4n) is 2.78. The van der Waals surface area contributed by atoms with Crippen molar-refractivity contribution in [2.24, 2.45) is 11.8 Å². The lowest BCUT2D eigenvalue weighted by Gasteiger charge is -2.27. The standard InChI is InChI=1S/C13H21N3O4/c17-11(16-5-3-14-4-6-16)8-15-12(18)9-1-2-10(7-9)13(19)20/h9-10,14H,1-8H2,(H,15,18)(H,19,20). The maximum absolute atomic E-state index is 11.9. The SMILES string of the molecule is O=C(O)C1CCC(C(=O)NCC(=O)N2CCNCC2)C1. The Morgan fingerprint density at radius 3 is 2.40 bits per heavy atom. The fraction of sp³-hybridized carbons (Fsp3) is 0.769. The molecular weight excluding hydrogens is 262 g/mol. The zero-order valence-corrected chi connectivity index (χ0v) is 11.4. The van der Waals surface area contributed by atoms with Gasteiger partial charge in [-0.15, -0.1) is 0 Å². The minimum absolute atomic E-state index is 0.00702. The quantitative estimate of drug-likeness (QED) is 0.617. The molecule has 2 aliphatic rings. The van der Waals surface area contributed by atoms with Crippen LogP contribution in [0.2, 0.25) is 0 Å². The fourth-order valence-corrected chi connectivity index (χ4v) is 2.78. The third-order valence-electron chi connectivity index (χ3n) is 4.04. The van der Waals surface area contributed by atoms with E-state index < -0.39 is 11.9 Å². The zero-order valence-electron chi connectivity index (χ0n) is 11.4. The van der Waals surface area contributed by atoms with Gasteiger partial charge in [0, 0.05) is 32.1 Å². The van der Waals surface area contributed by atoms with E-state index in [-0.39, 0.29) is 24.3 Å². The van der Waals surface area contributed by atoms with Crippen molar-refractivity contribution in [3.05, 3.63) is 0 Å². The summed E-state index contributed by atoms with van der Waals surface area (Å²) < 4.78 is 0. The van der Waals surface area contributed by atoms with Crippen molar-refractivity contribution in [1.29, 1.82) is 0 Å². The van der Waals surface area contributed by atoms with Crippen LogP contribution in [0.3, 0.4) is 0 Å². The number of rotatable bonds is 4. The normalized spacial score (nSPS) is 26.3. The second-order valence-electron chi connectivity index (χ2n) is 5.39. The number of carboxylic acid groups (broad SMARTS) is 1. The molecule has 0 aromatic heterocycles. The molecule has 1 aliphatic heterocycles. The maximum Gasteiger partial charge on any atom is 0.306 e. The molecule has 2 amide bonds. The number of carbonyl (C=O) groups excluding carboxylic acids is 2. The van der Waals surface area contributed by atoms with E-state index in [2.05, 4.69) is 10.6 Å². The van der Waals surface area contributed by atoms with Crippen LogP contribution in [-0.4, -0.2) is 60.5 Å². The van der Waals surface area contributed by atoms with Crippen LogP contribution in [0, 0.1) is 11.8 Å². The Hall–Kier alpha value is -1.63. The molecule has 3 N–H and O–H groups in total. The summed E-state index contributed by atoms with van der Waals surface area (Å²) in [6.45, 7) is 2.90. The van der Waals surface area contributed by atoms with Gasteiger partial charge in [-0.2, -0.15) is 0 Å². The number of nitrogens with zero attached hydrogens (tertiary/aromatic N) is 1. The van der Waals surface area contributed by atoms with Crippen LogP contribution in [0.15, 0.2) is 0 Å². The molecule has 2 unspecified atom stereocenters. The number of hydrogen-bond acceptors (Lipinski definition) is 4. The summed E-state index contributed by atoms with van der Waals surface area (Å²) >= 11 is 0. The van der Waals surface area contributed by atoms with Gasteiger partial charge in [-0.3, -0.25) is 14.4 Å². The minimum atomic E-state index is -0.836. The topological polar surface area (TPSA) is 98.7 Å². The summed E-state index contributed by atoms with van der Waals surface area (Å²) in [7, 11) is 0. The van der Waals surface area contributed by atoms with Gasteiger partial charge in [0.1, 0.15) is 0 Å². The van der Waals surface area contributed by atoms with Gasteiger partial charge in [0.2, 0.25) is 11.8 Å². The predicted molar refractivity (Wildman–Crippen MR) is 70.9 cm³/mol. The number of carbonyl (C=O) groups is 3. The number of carboxylic acids is 1. The Labute approximate surface area is 117 Å². The average Bonchev–Trinajstić information content (AvgIpc) is 2.95. The van der Waals surface area contributed by atoms with Crippen molar-refractivity contribution < 1.29 is 19.5 Å². The van der Waals surface area contributed by atoms with Crippen LogP contribution < -0.4 is 10.6 Å². The van der Waals surface area contributed by atoms with E-state index in [1.165, 1.54) is 0 Å². The average molecular weight is 283 g/mol. The number of piperazine rings is 1. The van der Waals surface area contributed by atoms with Gasteiger partial charge in [0.05, 0.1) is 12.5 Å². The van der Waals surface area contributed by atoms with Gasteiger partial charge in [-0.1, -0.05) is 0 Å². The van der Waals surface area contributed by atoms with E-state index in [4.69, 9.17) is 5.11 Å². The van der Waals surface area contributed by atoms with E-state index in [0.717, 1.165) is 13.1 Å². The molecule has 112 valence electrons. The molecule has 1 saturated carbocycles. The van der Waals surface area contributed by atoms with Crippen molar-refractivity contribution in [1.82, 2.24) is 15.5 Å². The number of amides is 2. The molecule has 0 radical (unpaired) electrons. The number of nitrogens with one attached hydrogen (secondary N) is 2. The Morgan fingerprint density at radius 2 is 1.80 bits per heavy atom. The van der Waals surface area contributed by atoms with Crippen LogP contribution >= 0.6 is 0 Å². The van der Waals surface area contributed by atoms with Crippen LogP contribution in [0.25, 0.3) is 0 Å². The Morgan fingerprint density at radius 1 is 1.15 bits per heavy atom. The van der Waals surface area contributed by atoms with Crippen LogP contribution in [0.5, 0.6) is 0 Å². The molecule has 0 aromatic carbocycles. The van der Waals surface area contributed by atoms with E-state index >= 15 is 0 Å². The van der Waals surface area contributed by atoms with Crippen LogP contribution in [0.1, 0.15) is 19.3 Å². The van der Waals surface area contributed by atoms with Crippen molar-refractivity contribution in [3.63, 3.8) is 0 Å². The number of hydrogen-bond donors (Lipinski definition) is 3. The van der Waals surface area contributed by atoms with Crippen molar-refractivity contribution in [3.8, 4) is 0 Å². The molecule has 0 spiro atoms. The monoisotopic (exact) mass is 283 g/mol. The molecule has 1 heterocycles. The lowest BCUT2D eigenvalue weighted by atomic mass is 10.0. The second kappa shape index (κ2) is 6.69. The van der Waals surface area contributed by atoms with Crippen molar-refractivity contribution in [2.75, 3.05) is 32.7 Å². The summed E-state index contributed by atoms with van der Waals surface area (Å²) in [6, 6.07) is 0. The molecule has 2 atom stereocenters. The molecule has 1 aliphatic carbocycles. The minimum Gasteiger partial charge on any atom is -0.481 e. The molecule has 1 saturated heterocycles. The first-order chi connectivity index (χ1) is 9.58. The van der Waals surface area contributed by atoms with Crippen molar-refractivity contribution >= 4 is 17.8 Å². The summed E-state index contributed by atoms with van der Waals surface area (Å²) in [6.07, 6.45) is 1.51. The molecule has 20 heavy (non-hydrogen) atoms. The van der Waals surface area contributed by atoms with Crippen LogP contribution in [0.4, 0.5) is 0 Å². The highest BCUT2D eigenvalue weighted by Gasteiger charge is 2.33. The first-order valence-electron chi connectivity index (χ1n) is 7.07. The lowest BCUT2D eigenvalue weighted by Crippen LogP contribution is -2.49. The van der Waals surface area contributed by atoms with Gasteiger partial charge >= 0.3 is 5.97 Å². The Bertz CT molecular complexity index is 393. The highest BCUT2D eigenvalue weighted by Crippen LogP contribution is 2.30. The Balaban J connectivity index is 1.72. The van der Waals surface area contributed by atoms with Gasteiger partial charge in [0.15, 0.2) is 0 Å². The summed E-state index contributed by atoms with van der Waals surface area (Å²) in [5.41, 5.74) is 0. The van der Waals surface area contributed by atoms with E-state index in [1.54, 1.807) is 4.90 Å². The highest BCUT2D eigenvalue weighted by molar-refractivity contribution is 5.86. The summed E-state index contributed by atoms with van der Waals surface area (Å²) in [5, 5.41) is 14.7. The molecule has 0 bridgehead atoms. The van der Waals surface area contributed by atoms with Gasteiger partial charge in [-0.05, 0) is 19.3 Å².